The second kappa shape index (κ2) is 7.87. The maximum Gasteiger partial charge on any atom is 0.236 e. The number of likely N-dealkylation sites (N-methyl/N-ethyl adjacent to an activating group) is 1. The summed E-state index contributed by atoms with van der Waals surface area (Å²) in [5, 5.41) is 3.93. The first-order valence-corrected chi connectivity index (χ1v) is 7.18. The zero-order valence-electron chi connectivity index (χ0n) is 11.9. The predicted molar refractivity (Wildman–Crippen MR) is 85.5 cm³/mol. The lowest BCUT2D eigenvalue weighted by Crippen LogP contribution is -2.37. The summed E-state index contributed by atoms with van der Waals surface area (Å²) in [5.41, 5.74) is 0.988. The van der Waals surface area contributed by atoms with Gasteiger partial charge >= 0.3 is 0 Å². The van der Waals surface area contributed by atoms with E-state index < -0.39 is 0 Å². The van der Waals surface area contributed by atoms with E-state index in [0.717, 1.165) is 18.0 Å². The third kappa shape index (κ3) is 4.65. The highest BCUT2D eigenvalue weighted by Gasteiger charge is 2.22. The number of benzene rings is 1. The lowest BCUT2D eigenvalue weighted by molar-refractivity contribution is -0.130. The van der Waals surface area contributed by atoms with Gasteiger partial charge < -0.3 is 10.2 Å². The molecule has 1 saturated carbocycles. The van der Waals surface area contributed by atoms with Gasteiger partial charge in [0.15, 0.2) is 0 Å². The lowest BCUT2D eigenvalue weighted by atomic mass is 10.1. The van der Waals surface area contributed by atoms with Crippen molar-refractivity contribution in [2.24, 2.45) is 5.92 Å². The van der Waals surface area contributed by atoms with Crippen molar-refractivity contribution in [1.82, 2.24) is 10.2 Å². The van der Waals surface area contributed by atoms with Crippen LogP contribution in [0.3, 0.4) is 0 Å². The highest BCUT2D eigenvalue weighted by atomic mass is 35.5. The monoisotopic (exact) mass is 316 g/mol. The number of rotatable bonds is 6. The summed E-state index contributed by atoms with van der Waals surface area (Å²) >= 11 is 6.17. The van der Waals surface area contributed by atoms with E-state index in [1.807, 2.05) is 38.2 Å². The average Bonchev–Trinajstić information content (AvgIpc) is 3.21. The fraction of sp³-hybridized carbons (Fsp3) is 0.533. The number of nitrogens with zero attached hydrogens (tertiary/aromatic N) is 1. The first-order chi connectivity index (χ1) is 9.09. The molecule has 1 unspecified atom stereocenters. The molecule has 0 bridgehead atoms. The quantitative estimate of drug-likeness (QED) is 0.873. The Morgan fingerprint density at radius 2 is 2.10 bits per heavy atom. The molecule has 0 radical (unpaired) electrons. The molecule has 112 valence electrons. The Morgan fingerprint density at radius 3 is 2.70 bits per heavy atom. The maximum absolute atomic E-state index is 12.1. The molecule has 3 nitrogen and oxygen atoms in total. The number of hydrogen-bond acceptors (Lipinski definition) is 2. The van der Waals surface area contributed by atoms with Gasteiger partial charge in [-0.05, 0) is 43.9 Å². The van der Waals surface area contributed by atoms with E-state index in [4.69, 9.17) is 11.6 Å². The largest absolute Gasteiger partial charge is 0.338 e. The Morgan fingerprint density at radius 1 is 1.45 bits per heavy atom. The molecule has 0 aliphatic heterocycles. The number of amides is 1. The van der Waals surface area contributed by atoms with E-state index >= 15 is 0 Å². The summed E-state index contributed by atoms with van der Waals surface area (Å²) in [4.78, 5) is 13.8. The Kier molecular flexibility index (Phi) is 6.80. The number of hydrogen-bond donors (Lipinski definition) is 1. The van der Waals surface area contributed by atoms with Crippen LogP contribution in [0.25, 0.3) is 0 Å². The van der Waals surface area contributed by atoms with Crippen molar-refractivity contribution < 1.29 is 4.79 Å². The Hall–Kier alpha value is -0.770. The van der Waals surface area contributed by atoms with Crippen LogP contribution in [0.4, 0.5) is 0 Å². The van der Waals surface area contributed by atoms with E-state index in [0.29, 0.717) is 11.6 Å². The summed E-state index contributed by atoms with van der Waals surface area (Å²) in [6.07, 6.45) is 2.60. The van der Waals surface area contributed by atoms with Gasteiger partial charge in [-0.1, -0.05) is 29.8 Å². The second-order valence-corrected chi connectivity index (χ2v) is 5.68. The molecule has 0 heterocycles. The van der Waals surface area contributed by atoms with Gasteiger partial charge in [-0.15, -0.1) is 12.4 Å². The van der Waals surface area contributed by atoms with Crippen molar-refractivity contribution in [3.63, 3.8) is 0 Å². The van der Waals surface area contributed by atoms with Gasteiger partial charge in [0.1, 0.15) is 0 Å². The van der Waals surface area contributed by atoms with Crippen LogP contribution in [0, 0.1) is 5.92 Å². The molecule has 0 saturated heterocycles. The number of halogens is 2. The van der Waals surface area contributed by atoms with Crippen LogP contribution in [-0.2, 0) is 4.79 Å². The first-order valence-electron chi connectivity index (χ1n) is 6.80. The van der Waals surface area contributed by atoms with Gasteiger partial charge in [-0.3, -0.25) is 4.79 Å². The number of nitrogens with one attached hydrogen (secondary N) is 1. The smallest absolute Gasteiger partial charge is 0.236 e. The van der Waals surface area contributed by atoms with Crippen LogP contribution in [0.15, 0.2) is 24.3 Å². The van der Waals surface area contributed by atoms with Crippen LogP contribution < -0.4 is 5.32 Å². The Bertz CT molecular complexity index is 449. The van der Waals surface area contributed by atoms with Gasteiger partial charge in [0.05, 0.1) is 12.6 Å². The maximum atomic E-state index is 12.1. The normalized spacial score (nSPS) is 15.3. The predicted octanol–water partition coefficient (Wildman–Crippen LogP) is 3.28. The highest BCUT2D eigenvalue weighted by Crippen LogP contribution is 2.28. The number of carbonyl (C=O) groups excluding carboxylic acids is 1. The molecule has 1 aliphatic carbocycles. The van der Waals surface area contributed by atoms with Gasteiger partial charge in [0.25, 0.3) is 0 Å². The molecule has 0 spiro atoms. The lowest BCUT2D eigenvalue weighted by Gasteiger charge is -2.26. The van der Waals surface area contributed by atoms with Crippen molar-refractivity contribution >= 4 is 29.9 Å². The molecule has 1 N–H and O–H groups in total. The van der Waals surface area contributed by atoms with Crippen LogP contribution in [0.1, 0.15) is 31.4 Å². The SMILES string of the molecule is CC(c1ccccc1Cl)N(C)C(=O)CNCC1CC1.Cl. The van der Waals surface area contributed by atoms with E-state index in [1.54, 1.807) is 4.90 Å². The molecule has 1 aromatic carbocycles. The zero-order chi connectivity index (χ0) is 13.8. The molecule has 20 heavy (non-hydrogen) atoms. The molecule has 1 aliphatic rings. The van der Waals surface area contributed by atoms with E-state index in [-0.39, 0.29) is 24.4 Å². The fourth-order valence-corrected chi connectivity index (χ4v) is 2.36. The highest BCUT2D eigenvalue weighted by molar-refractivity contribution is 6.31. The molecule has 0 aromatic heterocycles. The van der Waals surface area contributed by atoms with E-state index in [1.165, 1.54) is 12.8 Å². The minimum absolute atomic E-state index is 0. The van der Waals surface area contributed by atoms with E-state index in [2.05, 4.69) is 5.32 Å². The van der Waals surface area contributed by atoms with Crippen LogP contribution in [0.5, 0.6) is 0 Å². The molecule has 1 aromatic rings. The summed E-state index contributed by atoms with van der Waals surface area (Å²) < 4.78 is 0. The average molecular weight is 317 g/mol. The van der Waals surface area contributed by atoms with Crippen molar-refractivity contribution in [2.75, 3.05) is 20.1 Å². The summed E-state index contributed by atoms with van der Waals surface area (Å²) in [6, 6.07) is 7.66. The summed E-state index contributed by atoms with van der Waals surface area (Å²) in [5.74, 6) is 0.896. The number of carbonyl (C=O) groups is 1. The van der Waals surface area contributed by atoms with Crippen molar-refractivity contribution in [3.05, 3.63) is 34.9 Å². The molecule has 1 fully saturated rings. The standard InChI is InChI=1S/C15H21ClN2O.ClH/c1-11(13-5-3-4-6-14(13)16)18(2)15(19)10-17-9-12-7-8-12;/h3-6,11-12,17H,7-10H2,1-2H3;1H. The first kappa shape index (κ1) is 17.3. The molecular weight excluding hydrogens is 295 g/mol. The minimum Gasteiger partial charge on any atom is -0.338 e. The third-order valence-corrected chi connectivity index (χ3v) is 4.08. The molecule has 2 rings (SSSR count). The summed E-state index contributed by atoms with van der Waals surface area (Å²) in [7, 11) is 1.83. The van der Waals surface area contributed by atoms with Gasteiger partial charge in [0.2, 0.25) is 5.91 Å². The van der Waals surface area contributed by atoms with Crippen molar-refractivity contribution in [3.8, 4) is 0 Å². The Balaban J connectivity index is 0.00000200. The van der Waals surface area contributed by atoms with Gasteiger partial charge in [-0.2, -0.15) is 0 Å². The minimum atomic E-state index is -0.0103. The topological polar surface area (TPSA) is 32.3 Å². The molecule has 5 heteroatoms. The van der Waals surface area contributed by atoms with Gasteiger partial charge in [-0.25, -0.2) is 0 Å². The van der Waals surface area contributed by atoms with E-state index in [9.17, 15) is 4.79 Å². The molecular formula is C15H22Cl2N2O. The summed E-state index contributed by atoms with van der Waals surface area (Å²) in [6.45, 7) is 3.36. The van der Waals surface area contributed by atoms with Crippen molar-refractivity contribution in [1.29, 1.82) is 0 Å². The van der Waals surface area contributed by atoms with Crippen LogP contribution >= 0.6 is 24.0 Å². The second-order valence-electron chi connectivity index (χ2n) is 5.28. The third-order valence-electron chi connectivity index (χ3n) is 3.74. The van der Waals surface area contributed by atoms with Crippen LogP contribution in [0.2, 0.25) is 5.02 Å². The zero-order valence-corrected chi connectivity index (χ0v) is 13.5. The molecule has 1 atom stereocenters. The van der Waals surface area contributed by atoms with Crippen LogP contribution in [-0.4, -0.2) is 30.9 Å². The Labute approximate surface area is 132 Å². The fourth-order valence-electron chi connectivity index (χ4n) is 2.07. The van der Waals surface area contributed by atoms with Crippen molar-refractivity contribution in [2.45, 2.75) is 25.8 Å². The molecule has 1 amide bonds. The van der Waals surface area contributed by atoms with Gasteiger partial charge in [0, 0.05) is 12.1 Å².